The molecule has 3 N–H and O–H groups in total. The Bertz CT molecular complexity index is 347. The summed E-state index contributed by atoms with van der Waals surface area (Å²) in [5.74, 6) is -1.25. The molecule has 2 heterocycles. The maximum absolute atomic E-state index is 12.3. The highest BCUT2D eigenvalue weighted by molar-refractivity contribution is 5.78. The van der Waals surface area contributed by atoms with Crippen LogP contribution < -0.4 is 5.73 Å². The van der Waals surface area contributed by atoms with Crippen molar-refractivity contribution in [1.29, 1.82) is 0 Å². The van der Waals surface area contributed by atoms with Crippen molar-refractivity contribution in [3.8, 4) is 0 Å². The number of likely N-dealkylation sites (tertiary alicyclic amines) is 2. The van der Waals surface area contributed by atoms with Gasteiger partial charge in [-0.2, -0.15) is 0 Å². The molecule has 0 aromatic heterocycles. The third-order valence-corrected chi connectivity index (χ3v) is 4.05. The number of hydrogen-bond acceptors (Lipinski definition) is 3. The quantitative estimate of drug-likeness (QED) is 0.706. The molecular formula is C12H21N3O3. The van der Waals surface area contributed by atoms with Crippen LogP contribution in [0, 0.1) is 5.92 Å². The first kappa shape index (κ1) is 13.1. The van der Waals surface area contributed by atoms with Crippen LogP contribution in [0.3, 0.4) is 0 Å². The molecule has 2 aliphatic rings. The minimum absolute atomic E-state index is 0.0517. The molecular weight excluding hydrogens is 234 g/mol. The molecule has 0 aromatic rings. The van der Waals surface area contributed by atoms with Gasteiger partial charge in [0.25, 0.3) is 0 Å². The Morgan fingerprint density at radius 1 is 1.28 bits per heavy atom. The first-order valence-corrected chi connectivity index (χ1v) is 6.54. The third kappa shape index (κ3) is 2.43. The van der Waals surface area contributed by atoms with Crippen molar-refractivity contribution >= 4 is 12.0 Å². The molecule has 102 valence electrons. The van der Waals surface area contributed by atoms with Crippen LogP contribution in [0.25, 0.3) is 0 Å². The molecule has 3 unspecified atom stereocenters. The van der Waals surface area contributed by atoms with E-state index < -0.39 is 11.9 Å². The van der Waals surface area contributed by atoms with E-state index in [0.717, 1.165) is 19.4 Å². The molecule has 0 radical (unpaired) electrons. The summed E-state index contributed by atoms with van der Waals surface area (Å²) in [5.41, 5.74) is 5.87. The number of carbonyl (C=O) groups is 2. The minimum atomic E-state index is -0.812. The SMILES string of the molecule is CC1C(C(=O)O)CCN1C(=O)N1CCCC(N)C1. The lowest BCUT2D eigenvalue weighted by molar-refractivity contribution is -0.142. The summed E-state index contributed by atoms with van der Waals surface area (Å²) in [4.78, 5) is 26.8. The zero-order valence-electron chi connectivity index (χ0n) is 10.7. The molecule has 18 heavy (non-hydrogen) atoms. The average Bonchev–Trinajstić information content (AvgIpc) is 2.70. The standard InChI is InChI=1S/C12H21N3O3/c1-8-10(11(16)17)4-6-15(8)12(18)14-5-2-3-9(13)7-14/h8-10H,2-7,13H2,1H3,(H,16,17). The number of carboxylic acids is 1. The van der Waals surface area contributed by atoms with Gasteiger partial charge in [-0.1, -0.05) is 0 Å². The van der Waals surface area contributed by atoms with Crippen LogP contribution in [-0.4, -0.2) is 58.6 Å². The molecule has 2 aliphatic heterocycles. The van der Waals surface area contributed by atoms with Crippen molar-refractivity contribution in [2.45, 2.75) is 38.3 Å². The van der Waals surface area contributed by atoms with Gasteiger partial charge in [-0.15, -0.1) is 0 Å². The Balaban J connectivity index is 1.99. The number of hydrogen-bond donors (Lipinski definition) is 2. The lowest BCUT2D eigenvalue weighted by Crippen LogP contribution is -2.52. The summed E-state index contributed by atoms with van der Waals surface area (Å²) >= 11 is 0. The summed E-state index contributed by atoms with van der Waals surface area (Å²) in [5, 5.41) is 9.06. The molecule has 0 spiro atoms. The number of rotatable bonds is 1. The fourth-order valence-corrected chi connectivity index (χ4v) is 2.91. The Morgan fingerprint density at radius 3 is 2.56 bits per heavy atom. The monoisotopic (exact) mass is 255 g/mol. The van der Waals surface area contributed by atoms with Crippen LogP contribution >= 0.6 is 0 Å². The summed E-state index contributed by atoms with van der Waals surface area (Å²) < 4.78 is 0. The number of aliphatic carboxylic acids is 1. The van der Waals surface area contributed by atoms with E-state index in [4.69, 9.17) is 10.8 Å². The van der Waals surface area contributed by atoms with E-state index in [2.05, 4.69) is 0 Å². The summed E-state index contributed by atoms with van der Waals surface area (Å²) in [6, 6.07) is -0.231. The maximum atomic E-state index is 12.3. The second kappa shape index (κ2) is 5.14. The number of urea groups is 1. The molecule has 0 aromatic carbocycles. The van der Waals surface area contributed by atoms with Crippen LogP contribution in [0.1, 0.15) is 26.2 Å². The predicted octanol–water partition coefficient (Wildman–Crippen LogP) is 0.325. The van der Waals surface area contributed by atoms with E-state index in [9.17, 15) is 9.59 Å². The van der Waals surface area contributed by atoms with Crippen molar-refractivity contribution in [2.24, 2.45) is 11.7 Å². The van der Waals surface area contributed by atoms with E-state index in [0.29, 0.717) is 19.5 Å². The molecule has 0 aliphatic carbocycles. The molecule has 3 atom stereocenters. The van der Waals surface area contributed by atoms with E-state index in [-0.39, 0.29) is 18.1 Å². The van der Waals surface area contributed by atoms with Gasteiger partial charge in [0.15, 0.2) is 0 Å². The fraction of sp³-hybridized carbons (Fsp3) is 0.833. The largest absolute Gasteiger partial charge is 0.481 e. The molecule has 2 amide bonds. The highest BCUT2D eigenvalue weighted by Gasteiger charge is 2.40. The Kier molecular flexibility index (Phi) is 3.75. The minimum Gasteiger partial charge on any atom is -0.481 e. The second-order valence-corrected chi connectivity index (χ2v) is 5.30. The van der Waals surface area contributed by atoms with Crippen molar-refractivity contribution < 1.29 is 14.7 Å². The number of piperidine rings is 1. The Hall–Kier alpha value is -1.30. The van der Waals surface area contributed by atoms with E-state index in [1.54, 1.807) is 9.80 Å². The average molecular weight is 255 g/mol. The van der Waals surface area contributed by atoms with Crippen LogP contribution in [-0.2, 0) is 4.79 Å². The van der Waals surface area contributed by atoms with Gasteiger partial charge in [0.05, 0.1) is 5.92 Å². The zero-order chi connectivity index (χ0) is 13.3. The topological polar surface area (TPSA) is 86.9 Å². The van der Waals surface area contributed by atoms with E-state index >= 15 is 0 Å². The molecule has 6 heteroatoms. The Morgan fingerprint density at radius 2 is 2.00 bits per heavy atom. The number of carbonyl (C=O) groups excluding carboxylic acids is 1. The van der Waals surface area contributed by atoms with E-state index in [1.807, 2.05) is 6.92 Å². The van der Waals surface area contributed by atoms with Gasteiger partial charge in [-0.05, 0) is 26.2 Å². The number of nitrogens with zero attached hydrogens (tertiary/aromatic N) is 2. The first-order valence-electron chi connectivity index (χ1n) is 6.54. The summed E-state index contributed by atoms with van der Waals surface area (Å²) in [7, 11) is 0. The first-order chi connectivity index (χ1) is 8.50. The van der Waals surface area contributed by atoms with E-state index in [1.165, 1.54) is 0 Å². The van der Waals surface area contributed by atoms with Crippen molar-refractivity contribution in [3.05, 3.63) is 0 Å². The highest BCUT2D eigenvalue weighted by Crippen LogP contribution is 2.26. The van der Waals surface area contributed by atoms with Crippen molar-refractivity contribution in [2.75, 3.05) is 19.6 Å². The second-order valence-electron chi connectivity index (χ2n) is 5.30. The van der Waals surface area contributed by atoms with Crippen LogP contribution in [0.5, 0.6) is 0 Å². The lowest BCUT2D eigenvalue weighted by atomic mass is 10.0. The number of amides is 2. The Labute approximate surface area is 107 Å². The van der Waals surface area contributed by atoms with Gasteiger partial charge >= 0.3 is 12.0 Å². The smallest absolute Gasteiger partial charge is 0.320 e. The van der Waals surface area contributed by atoms with Gasteiger partial charge < -0.3 is 20.6 Å². The van der Waals surface area contributed by atoms with Gasteiger partial charge in [0.2, 0.25) is 0 Å². The molecule has 6 nitrogen and oxygen atoms in total. The number of carboxylic acid groups (broad SMARTS) is 1. The molecule has 2 saturated heterocycles. The highest BCUT2D eigenvalue weighted by atomic mass is 16.4. The zero-order valence-corrected chi connectivity index (χ0v) is 10.7. The lowest BCUT2D eigenvalue weighted by Gasteiger charge is -2.35. The van der Waals surface area contributed by atoms with Crippen LogP contribution in [0.4, 0.5) is 4.79 Å². The third-order valence-electron chi connectivity index (χ3n) is 4.05. The fourth-order valence-electron chi connectivity index (χ4n) is 2.91. The summed E-state index contributed by atoms with van der Waals surface area (Å²) in [6.07, 6.45) is 2.43. The normalized spacial score (nSPS) is 32.7. The summed E-state index contributed by atoms with van der Waals surface area (Å²) in [6.45, 7) is 3.66. The van der Waals surface area contributed by atoms with Crippen LogP contribution in [0.2, 0.25) is 0 Å². The van der Waals surface area contributed by atoms with Gasteiger partial charge in [0, 0.05) is 31.7 Å². The van der Waals surface area contributed by atoms with Gasteiger partial charge in [-0.25, -0.2) is 4.79 Å². The molecule has 2 rings (SSSR count). The molecule has 0 saturated carbocycles. The maximum Gasteiger partial charge on any atom is 0.320 e. The molecule has 2 fully saturated rings. The van der Waals surface area contributed by atoms with Gasteiger partial charge in [-0.3, -0.25) is 4.79 Å². The number of nitrogens with two attached hydrogens (primary N) is 1. The van der Waals surface area contributed by atoms with Crippen LogP contribution in [0.15, 0.2) is 0 Å². The van der Waals surface area contributed by atoms with Crippen molar-refractivity contribution in [3.63, 3.8) is 0 Å². The molecule has 0 bridgehead atoms. The van der Waals surface area contributed by atoms with Crippen molar-refractivity contribution in [1.82, 2.24) is 9.80 Å². The van der Waals surface area contributed by atoms with Gasteiger partial charge in [0.1, 0.15) is 0 Å². The predicted molar refractivity (Wildman–Crippen MR) is 66.1 cm³/mol.